The van der Waals surface area contributed by atoms with Crippen LogP contribution in [0.15, 0.2) is 6.20 Å². The number of aromatic nitrogens is 2. The lowest BCUT2D eigenvalue weighted by Gasteiger charge is -2.25. The van der Waals surface area contributed by atoms with Crippen molar-refractivity contribution >= 4 is 23.7 Å². The highest BCUT2D eigenvalue weighted by Crippen LogP contribution is 2.48. The smallest absolute Gasteiger partial charge is 0.326 e. The number of carbonyl (C=O) groups excluding carboxylic acids is 2. The highest BCUT2D eigenvalue weighted by Gasteiger charge is 2.56. The number of hydrogen-bond donors (Lipinski definition) is 2. The Balaban J connectivity index is 1.61. The highest BCUT2D eigenvalue weighted by molar-refractivity contribution is 5.96. The molecule has 2 N–H and O–H groups in total. The number of Topliss-reactive ketones (excluding diaryl/α,β-unsaturated/α-hetero) is 1. The number of fused-ring (bicyclic) bond motifs is 2. The van der Waals surface area contributed by atoms with E-state index in [0.29, 0.717) is 24.6 Å². The van der Waals surface area contributed by atoms with Crippen molar-refractivity contribution in [2.75, 3.05) is 0 Å². The van der Waals surface area contributed by atoms with Gasteiger partial charge in [-0.25, -0.2) is 4.79 Å². The first-order valence-corrected chi connectivity index (χ1v) is 8.02. The molecule has 1 saturated carbocycles. The average Bonchev–Trinajstić information content (AvgIpc) is 3.04. The molecule has 0 unspecified atom stereocenters. The fourth-order valence-electron chi connectivity index (χ4n) is 3.81. The Morgan fingerprint density at radius 3 is 2.88 bits per heavy atom. The number of piperidine rings is 1. The topological polar surface area (TPSA) is 105 Å². The third-order valence-corrected chi connectivity index (χ3v) is 5.03. The maximum absolute atomic E-state index is 12.7. The van der Waals surface area contributed by atoms with E-state index in [1.54, 1.807) is 12.3 Å². The third kappa shape index (κ3) is 2.21. The minimum atomic E-state index is -0.952. The van der Waals surface area contributed by atoms with Crippen molar-refractivity contribution in [2.24, 2.45) is 5.92 Å². The molecule has 0 aromatic carbocycles. The van der Waals surface area contributed by atoms with Crippen molar-refractivity contribution in [1.29, 1.82) is 0 Å². The van der Waals surface area contributed by atoms with E-state index < -0.39 is 12.0 Å². The van der Waals surface area contributed by atoms with E-state index in [-0.39, 0.29) is 24.3 Å². The fraction of sp³-hybridized carbons (Fsp3) is 0.500. The molecule has 2 aliphatic heterocycles. The summed E-state index contributed by atoms with van der Waals surface area (Å²) in [5.74, 6) is -1.04. The Kier molecular flexibility index (Phi) is 3.22. The van der Waals surface area contributed by atoms with Gasteiger partial charge in [0.2, 0.25) is 5.91 Å². The van der Waals surface area contributed by atoms with Crippen LogP contribution >= 0.6 is 0 Å². The van der Waals surface area contributed by atoms with Gasteiger partial charge in [-0.05, 0) is 31.0 Å². The van der Waals surface area contributed by atoms with Gasteiger partial charge in [0.05, 0.1) is 12.2 Å². The second-order valence-corrected chi connectivity index (χ2v) is 6.59. The molecule has 0 radical (unpaired) electrons. The van der Waals surface area contributed by atoms with Crippen molar-refractivity contribution in [2.45, 2.75) is 44.9 Å². The van der Waals surface area contributed by atoms with Crippen LogP contribution in [-0.4, -0.2) is 49.5 Å². The molecule has 0 bridgehead atoms. The van der Waals surface area contributed by atoms with E-state index in [0.717, 1.165) is 17.7 Å². The number of carbonyl (C=O) groups is 3. The average molecular weight is 330 g/mol. The van der Waals surface area contributed by atoms with Crippen LogP contribution in [0.3, 0.4) is 0 Å². The quantitative estimate of drug-likeness (QED) is 0.766. The molecule has 24 heavy (non-hydrogen) atoms. The summed E-state index contributed by atoms with van der Waals surface area (Å²) in [6.07, 6.45) is 4.94. The van der Waals surface area contributed by atoms with Gasteiger partial charge in [-0.1, -0.05) is 0 Å². The van der Waals surface area contributed by atoms with E-state index in [9.17, 15) is 19.5 Å². The summed E-state index contributed by atoms with van der Waals surface area (Å²) in [7, 11) is 0. The second kappa shape index (κ2) is 5.19. The van der Waals surface area contributed by atoms with Gasteiger partial charge in [0, 0.05) is 18.5 Å². The Bertz CT molecular complexity index is 781. The summed E-state index contributed by atoms with van der Waals surface area (Å²) < 4.78 is 1.53. The zero-order valence-corrected chi connectivity index (χ0v) is 13.2. The number of likely N-dealkylation sites (tertiary alicyclic amines) is 1. The lowest BCUT2D eigenvalue weighted by atomic mass is 10.1. The Morgan fingerprint density at radius 2 is 2.17 bits per heavy atom. The van der Waals surface area contributed by atoms with Crippen molar-refractivity contribution in [3.63, 3.8) is 0 Å². The molecule has 1 aromatic rings. The van der Waals surface area contributed by atoms with Crippen LogP contribution in [0.5, 0.6) is 0 Å². The zero-order chi connectivity index (χ0) is 17.0. The van der Waals surface area contributed by atoms with Crippen LogP contribution in [-0.2, 0) is 22.7 Å². The van der Waals surface area contributed by atoms with Crippen LogP contribution in [0.4, 0.5) is 0 Å². The van der Waals surface area contributed by atoms with Crippen LogP contribution in [0, 0.1) is 5.92 Å². The normalized spacial score (nSPS) is 26.5. The lowest BCUT2D eigenvalue weighted by Crippen LogP contribution is -2.44. The molecule has 3 aliphatic rings. The molecular weight excluding hydrogens is 312 g/mol. The molecular formula is C16H18N4O4. The summed E-state index contributed by atoms with van der Waals surface area (Å²) in [6.45, 7) is 1.88. The number of hydrogen-bond acceptors (Lipinski definition) is 5. The van der Waals surface area contributed by atoms with Gasteiger partial charge >= 0.3 is 5.97 Å². The highest BCUT2D eigenvalue weighted by atomic mass is 16.4. The van der Waals surface area contributed by atoms with Crippen molar-refractivity contribution in [3.8, 4) is 0 Å². The Morgan fingerprint density at radius 1 is 1.38 bits per heavy atom. The first-order valence-electron chi connectivity index (χ1n) is 8.02. The summed E-state index contributed by atoms with van der Waals surface area (Å²) in [4.78, 5) is 37.4. The standard InChI is InChI=1S/C16H18N4O4/c1-8(21)15-10-2-3-17-6-13(10)19(18-15)7-14(22)20-11-4-9(11)5-12(20)16(23)24/h2-3,9,11-12,17H,4-7H2,1H3,(H,23,24)/t9-,11-,12+/m1/s1. The number of carboxylic acid groups (broad SMARTS) is 1. The SMILES string of the molecule is CC(=O)c1nn(CC(=O)N2[C@@H]3C[C@@H]3C[C@H]2C(=O)O)c2c1C=CNC2. The number of aliphatic carboxylic acids is 1. The van der Waals surface area contributed by atoms with Crippen LogP contribution in [0.1, 0.15) is 41.5 Å². The molecule has 8 nitrogen and oxygen atoms in total. The molecule has 2 fully saturated rings. The van der Waals surface area contributed by atoms with Gasteiger partial charge in [-0.2, -0.15) is 5.10 Å². The number of ketones is 1. The van der Waals surface area contributed by atoms with Crippen molar-refractivity contribution in [1.82, 2.24) is 20.0 Å². The third-order valence-electron chi connectivity index (χ3n) is 5.03. The predicted octanol–water partition coefficient (Wildman–Crippen LogP) is 0.234. The minimum absolute atomic E-state index is 0.0435. The molecule has 1 saturated heterocycles. The van der Waals surface area contributed by atoms with E-state index in [2.05, 4.69) is 10.4 Å². The number of rotatable bonds is 4. The van der Waals surface area contributed by atoms with Gasteiger partial charge in [0.25, 0.3) is 0 Å². The monoisotopic (exact) mass is 330 g/mol. The van der Waals surface area contributed by atoms with E-state index in [1.807, 2.05) is 0 Å². The Labute approximate surface area is 138 Å². The van der Waals surface area contributed by atoms with Gasteiger partial charge in [0.1, 0.15) is 18.3 Å². The summed E-state index contributed by atoms with van der Waals surface area (Å²) >= 11 is 0. The fourth-order valence-corrected chi connectivity index (χ4v) is 3.81. The lowest BCUT2D eigenvalue weighted by molar-refractivity contribution is -0.149. The van der Waals surface area contributed by atoms with E-state index in [1.165, 1.54) is 16.5 Å². The maximum Gasteiger partial charge on any atom is 0.326 e. The van der Waals surface area contributed by atoms with E-state index in [4.69, 9.17) is 0 Å². The summed E-state index contributed by atoms with van der Waals surface area (Å²) in [6, 6.07) is -0.687. The molecule has 4 rings (SSSR count). The number of carboxylic acids is 1. The second-order valence-electron chi connectivity index (χ2n) is 6.59. The van der Waals surface area contributed by atoms with Crippen molar-refractivity contribution < 1.29 is 19.5 Å². The molecule has 8 heteroatoms. The van der Waals surface area contributed by atoms with Gasteiger partial charge in [0.15, 0.2) is 5.78 Å². The van der Waals surface area contributed by atoms with Crippen LogP contribution < -0.4 is 5.32 Å². The predicted molar refractivity (Wildman–Crippen MR) is 82.9 cm³/mol. The molecule has 1 amide bonds. The molecule has 1 aromatic heterocycles. The van der Waals surface area contributed by atoms with Crippen LogP contribution in [0.25, 0.3) is 6.08 Å². The molecule has 126 valence electrons. The number of nitrogens with zero attached hydrogens (tertiary/aromatic N) is 3. The molecule has 1 aliphatic carbocycles. The molecule has 3 heterocycles. The van der Waals surface area contributed by atoms with E-state index >= 15 is 0 Å². The van der Waals surface area contributed by atoms with Crippen molar-refractivity contribution in [3.05, 3.63) is 23.2 Å². The van der Waals surface area contributed by atoms with Crippen LogP contribution in [0.2, 0.25) is 0 Å². The Hall–Kier alpha value is -2.64. The largest absolute Gasteiger partial charge is 0.480 e. The minimum Gasteiger partial charge on any atom is -0.480 e. The van der Waals surface area contributed by atoms with Gasteiger partial charge in [-0.15, -0.1) is 0 Å². The first-order chi connectivity index (χ1) is 11.5. The summed E-state index contributed by atoms with van der Waals surface area (Å²) in [5, 5.41) is 16.7. The maximum atomic E-state index is 12.7. The number of amides is 1. The molecule has 3 atom stereocenters. The zero-order valence-electron chi connectivity index (χ0n) is 13.2. The number of nitrogens with one attached hydrogen (secondary N) is 1. The molecule has 0 spiro atoms. The van der Waals surface area contributed by atoms with Gasteiger partial charge in [-0.3, -0.25) is 14.3 Å². The first kappa shape index (κ1) is 14.9. The van der Waals surface area contributed by atoms with Gasteiger partial charge < -0.3 is 15.3 Å². The summed E-state index contributed by atoms with van der Waals surface area (Å²) in [5.41, 5.74) is 1.85.